The first-order valence-corrected chi connectivity index (χ1v) is 11.2. The van der Waals surface area contributed by atoms with Crippen LogP contribution in [0.5, 0.6) is 5.75 Å². The molecule has 0 saturated carbocycles. The minimum atomic E-state index is -4.50. The molecule has 1 saturated heterocycles. The fourth-order valence-electron chi connectivity index (χ4n) is 3.47. The van der Waals surface area contributed by atoms with E-state index in [1.807, 2.05) is 22.4 Å². The Balaban J connectivity index is 1.33. The third-order valence-corrected chi connectivity index (χ3v) is 6.13. The maximum absolute atomic E-state index is 12.9. The van der Waals surface area contributed by atoms with Crippen molar-refractivity contribution in [3.05, 3.63) is 58.4 Å². The minimum Gasteiger partial charge on any atom is -0.508 e. The quantitative estimate of drug-likeness (QED) is 0.569. The SMILES string of the molecule is O=C(NCC(F)(F)F)c1ccc(N2CCN(C(=O)c3cc(-c4cccc(O)c4)cs3)CC2)nn1. The number of nitrogens with zero attached hydrogens (tertiary/aromatic N) is 4. The second-order valence-electron chi connectivity index (χ2n) is 7.60. The first-order valence-electron chi connectivity index (χ1n) is 10.3. The summed E-state index contributed by atoms with van der Waals surface area (Å²) in [6.45, 7) is 0.446. The van der Waals surface area contributed by atoms with Crippen LogP contribution in [-0.4, -0.2) is 70.9 Å². The van der Waals surface area contributed by atoms with Gasteiger partial charge in [0, 0.05) is 26.2 Å². The standard InChI is InChI=1S/C22H20F3N5O3S/c23-22(24,25)13-26-20(32)17-4-5-19(28-27-17)29-6-8-30(9-7-29)21(33)18-11-15(12-34-18)14-2-1-3-16(31)10-14/h1-5,10-12,31H,6-9,13H2,(H,26,32). The van der Waals surface area contributed by atoms with E-state index < -0.39 is 18.6 Å². The summed E-state index contributed by atoms with van der Waals surface area (Å²) in [7, 11) is 0. The number of rotatable bonds is 5. The second-order valence-corrected chi connectivity index (χ2v) is 8.52. The molecule has 0 unspecified atom stereocenters. The van der Waals surface area contributed by atoms with Crippen LogP contribution in [0.2, 0.25) is 0 Å². The number of thiophene rings is 1. The summed E-state index contributed by atoms with van der Waals surface area (Å²) in [6, 6.07) is 11.5. The number of hydrogen-bond donors (Lipinski definition) is 2. The van der Waals surface area contributed by atoms with Crippen molar-refractivity contribution in [3.63, 3.8) is 0 Å². The van der Waals surface area contributed by atoms with Crippen LogP contribution in [0.25, 0.3) is 11.1 Å². The van der Waals surface area contributed by atoms with Gasteiger partial charge < -0.3 is 20.2 Å². The lowest BCUT2D eigenvalue weighted by atomic mass is 10.1. The van der Waals surface area contributed by atoms with Crippen LogP contribution in [0.15, 0.2) is 47.8 Å². The van der Waals surface area contributed by atoms with E-state index in [-0.39, 0.29) is 17.4 Å². The Hall–Kier alpha value is -3.67. The smallest absolute Gasteiger partial charge is 0.405 e. The van der Waals surface area contributed by atoms with Crippen LogP contribution in [0.3, 0.4) is 0 Å². The molecular weight excluding hydrogens is 471 g/mol. The lowest BCUT2D eigenvalue weighted by Crippen LogP contribution is -2.49. The maximum Gasteiger partial charge on any atom is 0.405 e. The molecule has 0 spiro atoms. The fourth-order valence-corrected chi connectivity index (χ4v) is 4.35. The molecule has 3 aromatic rings. The highest BCUT2D eigenvalue weighted by Crippen LogP contribution is 2.29. The van der Waals surface area contributed by atoms with Crippen molar-refractivity contribution in [1.29, 1.82) is 0 Å². The van der Waals surface area contributed by atoms with Gasteiger partial charge in [0.15, 0.2) is 11.5 Å². The molecule has 2 amide bonds. The molecule has 0 aliphatic carbocycles. The molecule has 1 aliphatic rings. The number of phenols is 1. The minimum absolute atomic E-state index is 0.0844. The topological polar surface area (TPSA) is 98.7 Å². The van der Waals surface area contributed by atoms with Crippen LogP contribution in [0.4, 0.5) is 19.0 Å². The number of carbonyl (C=O) groups is 2. The number of piperazine rings is 1. The number of aromatic nitrogens is 2. The van der Waals surface area contributed by atoms with Crippen molar-refractivity contribution in [2.45, 2.75) is 6.18 Å². The van der Waals surface area contributed by atoms with E-state index in [9.17, 15) is 27.9 Å². The number of aromatic hydroxyl groups is 1. The van der Waals surface area contributed by atoms with Crippen molar-refractivity contribution >= 4 is 29.0 Å². The molecular formula is C22H20F3N5O3S. The summed E-state index contributed by atoms with van der Waals surface area (Å²) in [4.78, 5) is 28.9. The lowest BCUT2D eigenvalue weighted by Gasteiger charge is -2.35. The molecule has 4 rings (SSSR count). The second kappa shape index (κ2) is 9.67. The number of carbonyl (C=O) groups excluding carboxylic acids is 2. The molecule has 0 radical (unpaired) electrons. The summed E-state index contributed by atoms with van der Waals surface area (Å²) >= 11 is 1.34. The summed E-state index contributed by atoms with van der Waals surface area (Å²) < 4.78 is 36.7. The molecule has 8 nitrogen and oxygen atoms in total. The number of nitrogens with one attached hydrogen (secondary N) is 1. The van der Waals surface area contributed by atoms with Crippen molar-refractivity contribution in [2.75, 3.05) is 37.6 Å². The van der Waals surface area contributed by atoms with E-state index in [1.54, 1.807) is 28.4 Å². The average molecular weight is 491 g/mol. The molecule has 0 bridgehead atoms. The van der Waals surface area contributed by atoms with Crippen molar-refractivity contribution in [3.8, 4) is 16.9 Å². The van der Waals surface area contributed by atoms with Gasteiger partial charge in [-0.1, -0.05) is 12.1 Å². The highest BCUT2D eigenvalue weighted by atomic mass is 32.1. The molecule has 1 fully saturated rings. The molecule has 3 heterocycles. The molecule has 2 aromatic heterocycles. The number of alkyl halides is 3. The van der Waals surface area contributed by atoms with Gasteiger partial charge in [0.05, 0.1) is 4.88 Å². The van der Waals surface area contributed by atoms with Gasteiger partial charge in [-0.3, -0.25) is 9.59 Å². The number of halogens is 3. The number of hydrogen-bond acceptors (Lipinski definition) is 7. The van der Waals surface area contributed by atoms with Crippen molar-refractivity contribution in [2.24, 2.45) is 0 Å². The Morgan fingerprint density at radius 2 is 1.79 bits per heavy atom. The maximum atomic E-state index is 12.9. The van der Waals surface area contributed by atoms with Crippen molar-refractivity contribution in [1.82, 2.24) is 20.4 Å². The van der Waals surface area contributed by atoms with E-state index in [4.69, 9.17) is 0 Å². The summed E-state index contributed by atoms with van der Waals surface area (Å²) in [5.74, 6) is -0.404. The normalized spacial score (nSPS) is 14.2. The van der Waals surface area contributed by atoms with E-state index in [0.29, 0.717) is 36.9 Å². The van der Waals surface area contributed by atoms with Gasteiger partial charge >= 0.3 is 6.18 Å². The number of anilines is 1. The summed E-state index contributed by atoms with van der Waals surface area (Å²) in [5.41, 5.74) is 1.48. The largest absolute Gasteiger partial charge is 0.508 e. The third-order valence-electron chi connectivity index (χ3n) is 5.21. The Morgan fingerprint density at radius 1 is 1.03 bits per heavy atom. The average Bonchev–Trinajstić information content (AvgIpc) is 3.32. The van der Waals surface area contributed by atoms with Gasteiger partial charge in [0.25, 0.3) is 11.8 Å². The van der Waals surface area contributed by atoms with Crippen LogP contribution in [0.1, 0.15) is 20.2 Å². The van der Waals surface area contributed by atoms with E-state index in [1.165, 1.54) is 23.5 Å². The van der Waals surface area contributed by atoms with Crippen LogP contribution >= 0.6 is 11.3 Å². The Morgan fingerprint density at radius 3 is 2.44 bits per heavy atom. The molecule has 0 atom stereocenters. The Bertz CT molecular complexity index is 1180. The van der Waals surface area contributed by atoms with Gasteiger partial charge in [-0.05, 0) is 46.8 Å². The van der Waals surface area contributed by atoms with E-state index in [2.05, 4.69) is 10.2 Å². The van der Waals surface area contributed by atoms with Gasteiger partial charge in [0.1, 0.15) is 12.3 Å². The predicted molar refractivity (Wildman–Crippen MR) is 120 cm³/mol. The highest BCUT2D eigenvalue weighted by molar-refractivity contribution is 7.12. The van der Waals surface area contributed by atoms with Gasteiger partial charge in [-0.2, -0.15) is 13.2 Å². The Labute approximate surface area is 196 Å². The number of benzene rings is 1. The van der Waals surface area contributed by atoms with Crippen LogP contribution in [0, 0.1) is 0 Å². The number of amides is 2. The van der Waals surface area contributed by atoms with Crippen molar-refractivity contribution < 1.29 is 27.9 Å². The molecule has 1 aliphatic heterocycles. The molecule has 12 heteroatoms. The summed E-state index contributed by atoms with van der Waals surface area (Å²) in [6.07, 6.45) is -4.50. The third kappa shape index (κ3) is 5.63. The number of phenolic OH excluding ortho intramolecular Hbond substituents is 1. The van der Waals surface area contributed by atoms with Crippen LogP contribution in [-0.2, 0) is 0 Å². The predicted octanol–water partition coefficient (Wildman–Crippen LogP) is 3.17. The van der Waals surface area contributed by atoms with Gasteiger partial charge in [0.2, 0.25) is 0 Å². The van der Waals surface area contributed by atoms with Gasteiger partial charge in [-0.15, -0.1) is 21.5 Å². The van der Waals surface area contributed by atoms with Crippen LogP contribution < -0.4 is 10.2 Å². The lowest BCUT2D eigenvalue weighted by molar-refractivity contribution is -0.123. The zero-order valence-corrected chi connectivity index (χ0v) is 18.6. The first-order chi connectivity index (χ1) is 16.2. The monoisotopic (exact) mass is 491 g/mol. The molecule has 34 heavy (non-hydrogen) atoms. The molecule has 1 aromatic carbocycles. The molecule has 178 valence electrons. The summed E-state index contributed by atoms with van der Waals surface area (Å²) in [5, 5.41) is 21.0. The van der Waals surface area contributed by atoms with E-state index in [0.717, 1.165) is 11.1 Å². The van der Waals surface area contributed by atoms with E-state index >= 15 is 0 Å². The highest BCUT2D eigenvalue weighted by Gasteiger charge is 2.28. The first kappa shape index (κ1) is 23.5. The fraction of sp³-hybridized carbons (Fsp3) is 0.273. The zero-order valence-electron chi connectivity index (χ0n) is 17.7. The molecule has 2 N–H and O–H groups in total. The zero-order chi connectivity index (χ0) is 24.3. The Kier molecular flexibility index (Phi) is 6.68. The van der Waals surface area contributed by atoms with Gasteiger partial charge in [-0.25, -0.2) is 0 Å².